The van der Waals surface area contributed by atoms with Crippen molar-refractivity contribution in [2.45, 2.75) is 88.9 Å². The third kappa shape index (κ3) is 2.21. The van der Waals surface area contributed by atoms with E-state index in [1.165, 1.54) is 0 Å². The molecule has 5 aliphatic rings. The lowest BCUT2D eigenvalue weighted by atomic mass is 9.42. The second-order valence-electron chi connectivity index (χ2n) is 10.9. The molecule has 156 valence electrons. The van der Waals surface area contributed by atoms with Gasteiger partial charge in [-0.25, -0.2) is 4.79 Å². The van der Waals surface area contributed by atoms with Gasteiger partial charge in [0.25, 0.3) is 0 Å². The van der Waals surface area contributed by atoms with E-state index < -0.39 is 17.3 Å². The highest BCUT2D eigenvalue weighted by Gasteiger charge is 2.70. The first-order chi connectivity index (χ1) is 13.1. The van der Waals surface area contributed by atoms with E-state index in [1.54, 1.807) is 6.08 Å². The van der Waals surface area contributed by atoms with Gasteiger partial charge in [0.1, 0.15) is 6.61 Å². The lowest BCUT2D eigenvalue weighted by Gasteiger charge is -2.66. The molecule has 3 N–H and O–H groups in total. The Morgan fingerprint density at radius 3 is 2.39 bits per heavy atom. The van der Waals surface area contributed by atoms with Crippen molar-refractivity contribution in [1.82, 2.24) is 0 Å². The standard InChI is InChI=1S/C23H34O5/c1-20-7-3-15(24)12-22(20,26)9-5-18-17(20)4-8-21(2)16(6-10-23(18,21)27)14-11-19(25)28-13-14/h11,15-18,24,26-27H,3-10,12-13H2,1-2H3/t15?,16?,17?,18?,20-,21-,22+,23+/m1/s1. The first-order valence-electron chi connectivity index (χ1n) is 11.1. The van der Waals surface area contributed by atoms with E-state index in [9.17, 15) is 20.1 Å². The Kier molecular flexibility index (Phi) is 3.97. The fourth-order valence-electron chi connectivity index (χ4n) is 8.38. The highest BCUT2D eigenvalue weighted by Crippen LogP contribution is 2.70. The number of fused-ring (bicyclic) bond motifs is 5. The summed E-state index contributed by atoms with van der Waals surface area (Å²) in [5.41, 5.74) is -0.999. The minimum atomic E-state index is -0.817. The summed E-state index contributed by atoms with van der Waals surface area (Å²) in [5, 5.41) is 33.8. The minimum Gasteiger partial charge on any atom is -0.458 e. The van der Waals surface area contributed by atoms with Crippen LogP contribution in [0.2, 0.25) is 0 Å². The van der Waals surface area contributed by atoms with E-state index in [0.29, 0.717) is 19.4 Å². The van der Waals surface area contributed by atoms with Crippen LogP contribution in [0.3, 0.4) is 0 Å². The van der Waals surface area contributed by atoms with Crippen molar-refractivity contribution in [1.29, 1.82) is 0 Å². The smallest absolute Gasteiger partial charge is 0.331 e. The number of esters is 1. The summed E-state index contributed by atoms with van der Waals surface area (Å²) in [4.78, 5) is 11.6. The number of cyclic esters (lactones) is 1. The zero-order chi connectivity index (χ0) is 19.9. The molecule has 5 nitrogen and oxygen atoms in total. The molecule has 1 aliphatic heterocycles. The molecule has 0 saturated heterocycles. The van der Waals surface area contributed by atoms with Gasteiger partial charge in [-0.05, 0) is 80.1 Å². The number of rotatable bonds is 1. The molecule has 0 aromatic carbocycles. The van der Waals surface area contributed by atoms with Crippen LogP contribution in [-0.4, -0.2) is 45.2 Å². The maximum atomic E-state index is 12.1. The molecule has 0 amide bonds. The summed E-state index contributed by atoms with van der Waals surface area (Å²) in [5.74, 6) is 0.409. The number of hydrogen-bond acceptors (Lipinski definition) is 5. The Morgan fingerprint density at radius 2 is 1.68 bits per heavy atom. The first kappa shape index (κ1) is 19.1. The van der Waals surface area contributed by atoms with Crippen LogP contribution in [0.1, 0.15) is 71.6 Å². The average molecular weight is 391 g/mol. The van der Waals surface area contributed by atoms with Gasteiger partial charge in [-0.3, -0.25) is 0 Å². The van der Waals surface area contributed by atoms with E-state index in [1.807, 2.05) is 0 Å². The summed E-state index contributed by atoms with van der Waals surface area (Å²) >= 11 is 0. The van der Waals surface area contributed by atoms with Crippen LogP contribution in [-0.2, 0) is 9.53 Å². The number of carbonyl (C=O) groups is 1. The topological polar surface area (TPSA) is 87.0 Å². The number of aliphatic hydroxyl groups excluding tert-OH is 1. The number of ether oxygens (including phenoxy) is 1. The zero-order valence-corrected chi connectivity index (χ0v) is 17.1. The maximum Gasteiger partial charge on any atom is 0.331 e. The van der Waals surface area contributed by atoms with Crippen LogP contribution >= 0.6 is 0 Å². The average Bonchev–Trinajstić information content (AvgIpc) is 3.17. The molecule has 4 aliphatic carbocycles. The summed E-state index contributed by atoms with van der Waals surface area (Å²) in [6.45, 7) is 4.80. The van der Waals surface area contributed by atoms with Gasteiger partial charge in [0.15, 0.2) is 0 Å². The van der Waals surface area contributed by atoms with Crippen molar-refractivity contribution in [2.75, 3.05) is 6.61 Å². The van der Waals surface area contributed by atoms with Gasteiger partial charge in [-0.2, -0.15) is 0 Å². The normalized spacial score (nSPS) is 55.8. The van der Waals surface area contributed by atoms with Crippen LogP contribution in [0.25, 0.3) is 0 Å². The highest BCUT2D eigenvalue weighted by atomic mass is 16.5. The molecule has 4 saturated carbocycles. The summed E-state index contributed by atoms with van der Waals surface area (Å²) in [7, 11) is 0. The lowest BCUT2D eigenvalue weighted by Crippen LogP contribution is -2.67. The molecular weight excluding hydrogens is 356 g/mol. The largest absolute Gasteiger partial charge is 0.458 e. The predicted octanol–water partition coefficient (Wildman–Crippen LogP) is 2.72. The van der Waals surface area contributed by atoms with Crippen molar-refractivity contribution < 1.29 is 24.9 Å². The highest BCUT2D eigenvalue weighted by molar-refractivity contribution is 5.85. The number of carbonyl (C=O) groups excluding carboxylic acids is 1. The molecule has 0 spiro atoms. The van der Waals surface area contributed by atoms with Crippen molar-refractivity contribution in [3.05, 3.63) is 11.6 Å². The van der Waals surface area contributed by atoms with Crippen molar-refractivity contribution in [3.63, 3.8) is 0 Å². The molecule has 0 radical (unpaired) electrons. The first-order valence-corrected chi connectivity index (χ1v) is 11.1. The molecule has 5 heteroatoms. The van der Waals surface area contributed by atoms with E-state index in [2.05, 4.69) is 13.8 Å². The Morgan fingerprint density at radius 1 is 0.964 bits per heavy atom. The SMILES string of the molecule is C[C@]12CCC(O)C[C@@]1(O)CCC1C2CC[C@]2(C)C(C3=CC(=O)OC3)CC[C@]12O. The Bertz CT molecular complexity index is 733. The fraction of sp³-hybridized carbons (Fsp3) is 0.870. The van der Waals surface area contributed by atoms with E-state index in [0.717, 1.165) is 50.5 Å². The molecule has 5 rings (SSSR count). The van der Waals surface area contributed by atoms with Gasteiger partial charge >= 0.3 is 5.97 Å². The van der Waals surface area contributed by atoms with Gasteiger partial charge in [0.2, 0.25) is 0 Å². The van der Waals surface area contributed by atoms with Crippen molar-refractivity contribution in [3.8, 4) is 0 Å². The van der Waals surface area contributed by atoms with Crippen molar-refractivity contribution >= 4 is 5.97 Å². The summed E-state index contributed by atoms with van der Waals surface area (Å²) in [6, 6.07) is 0. The molecule has 0 bridgehead atoms. The molecule has 0 aromatic heterocycles. The molecule has 4 unspecified atom stereocenters. The second kappa shape index (κ2) is 5.83. The van der Waals surface area contributed by atoms with Crippen LogP contribution in [0.5, 0.6) is 0 Å². The van der Waals surface area contributed by atoms with Gasteiger partial charge in [-0.15, -0.1) is 0 Å². The lowest BCUT2D eigenvalue weighted by molar-refractivity contribution is -0.254. The van der Waals surface area contributed by atoms with Gasteiger partial charge < -0.3 is 20.1 Å². The van der Waals surface area contributed by atoms with Crippen LogP contribution in [0.4, 0.5) is 0 Å². The maximum absolute atomic E-state index is 12.1. The third-order valence-corrected chi connectivity index (χ3v) is 10.1. The van der Waals surface area contributed by atoms with Crippen LogP contribution in [0, 0.1) is 28.6 Å². The number of aliphatic hydroxyl groups is 3. The summed E-state index contributed by atoms with van der Waals surface area (Å²) < 4.78 is 5.18. The van der Waals surface area contributed by atoms with Gasteiger partial charge in [0.05, 0.1) is 17.3 Å². The third-order valence-electron chi connectivity index (χ3n) is 10.1. The van der Waals surface area contributed by atoms with Crippen LogP contribution < -0.4 is 0 Å². The van der Waals surface area contributed by atoms with Gasteiger partial charge in [0, 0.05) is 17.9 Å². The Hall–Kier alpha value is -0.910. The minimum absolute atomic E-state index is 0.176. The summed E-state index contributed by atoms with van der Waals surface area (Å²) in [6.07, 6.45) is 8.33. The van der Waals surface area contributed by atoms with Crippen molar-refractivity contribution in [2.24, 2.45) is 28.6 Å². The zero-order valence-electron chi connectivity index (χ0n) is 17.1. The Balaban J connectivity index is 1.49. The quantitative estimate of drug-likeness (QED) is 0.599. The van der Waals surface area contributed by atoms with E-state index >= 15 is 0 Å². The fourth-order valence-corrected chi connectivity index (χ4v) is 8.38. The number of hydrogen-bond donors (Lipinski definition) is 3. The molecule has 8 atom stereocenters. The Labute approximate surface area is 167 Å². The molecule has 1 heterocycles. The van der Waals surface area contributed by atoms with E-state index in [4.69, 9.17) is 4.74 Å². The molecule has 0 aromatic rings. The molecule has 28 heavy (non-hydrogen) atoms. The predicted molar refractivity (Wildman–Crippen MR) is 103 cm³/mol. The second-order valence-corrected chi connectivity index (χ2v) is 10.9. The molecule has 4 fully saturated rings. The van der Waals surface area contributed by atoms with Gasteiger partial charge in [-0.1, -0.05) is 13.8 Å². The molecular formula is C23H34O5. The van der Waals surface area contributed by atoms with Crippen LogP contribution in [0.15, 0.2) is 11.6 Å². The monoisotopic (exact) mass is 390 g/mol. The van der Waals surface area contributed by atoms with E-state index in [-0.39, 0.29) is 34.6 Å².